The Labute approximate surface area is 82.0 Å². The van der Waals surface area contributed by atoms with E-state index < -0.39 is 0 Å². The summed E-state index contributed by atoms with van der Waals surface area (Å²) < 4.78 is 1.64. The molecule has 0 amide bonds. The molecule has 3 nitrogen and oxygen atoms in total. The van der Waals surface area contributed by atoms with Crippen LogP contribution < -0.4 is 0 Å². The van der Waals surface area contributed by atoms with Gasteiger partial charge in [0.2, 0.25) is 0 Å². The van der Waals surface area contributed by atoms with Crippen molar-refractivity contribution in [1.82, 2.24) is 9.78 Å². The average molecular weight is 185 g/mol. The number of hydrogen-bond acceptors (Lipinski definition) is 2. The first-order valence-corrected chi connectivity index (χ1v) is 4.24. The van der Waals surface area contributed by atoms with E-state index in [1.807, 2.05) is 30.3 Å². The zero-order chi connectivity index (χ0) is 9.97. The highest BCUT2D eigenvalue weighted by molar-refractivity contribution is 5.72. The minimum atomic E-state index is 0.402. The van der Waals surface area contributed by atoms with Crippen molar-refractivity contribution < 1.29 is 4.79 Å². The molecule has 0 spiro atoms. The quantitative estimate of drug-likeness (QED) is 0.669. The van der Waals surface area contributed by atoms with Crippen LogP contribution in [0.4, 0.5) is 0 Å². The lowest BCUT2D eigenvalue weighted by molar-refractivity contribution is 0.111. The van der Waals surface area contributed by atoms with Crippen LogP contribution in [0.1, 0.15) is 16.2 Å². The molecule has 0 unspecified atom stereocenters. The molecule has 1 heterocycles. The van der Waals surface area contributed by atoms with Crippen LogP contribution in [0.15, 0.2) is 36.4 Å². The van der Waals surface area contributed by atoms with Crippen LogP contribution in [0, 0.1) is 6.92 Å². The van der Waals surface area contributed by atoms with E-state index in [0.29, 0.717) is 17.7 Å². The maximum absolute atomic E-state index is 10.5. The molecule has 1 aromatic heterocycles. The predicted octanol–water partition coefficient (Wildman–Crippen LogP) is 1.87. The summed E-state index contributed by atoms with van der Waals surface area (Å²) in [6, 6.07) is 11.2. The van der Waals surface area contributed by atoms with E-state index in [1.54, 1.807) is 10.7 Å². The van der Waals surface area contributed by atoms with Gasteiger partial charge >= 0.3 is 0 Å². The fourth-order valence-electron chi connectivity index (χ4n) is 1.29. The Kier molecular flexibility index (Phi) is 2.14. The van der Waals surface area contributed by atoms with Gasteiger partial charge in [-0.2, -0.15) is 5.10 Å². The molecule has 0 bridgehead atoms. The van der Waals surface area contributed by atoms with Gasteiger partial charge in [-0.15, -0.1) is 0 Å². The van der Waals surface area contributed by atoms with Gasteiger partial charge in [-0.05, 0) is 25.1 Å². The number of rotatable bonds is 2. The predicted molar refractivity (Wildman–Crippen MR) is 53.4 cm³/mol. The molecule has 0 fully saturated rings. The zero-order valence-electron chi connectivity index (χ0n) is 7.55. The number of aromatic nitrogens is 2. The highest BCUT2D eigenvalue weighted by atomic mass is 16.1. The summed E-state index contributed by atoms with van der Waals surface area (Å²) in [4.78, 5) is 10.5. The normalized spacial score (nSPS) is 10.1. The average Bonchev–Trinajstić information content (AvgIpc) is 2.61. The number of carbonyl (C=O) groups is 1. The molecule has 0 aliphatic heterocycles. The van der Waals surface area contributed by atoms with Gasteiger partial charge in [0.15, 0.2) is 6.29 Å². The van der Waals surface area contributed by atoms with E-state index in [2.05, 4.69) is 12.0 Å². The van der Waals surface area contributed by atoms with Crippen molar-refractivity contribution in [2.24, 2.45) is 0 Å². The Hall–Kier alpha value is -1.90. The van der Waals surface area contributed by atoms with Gasteiger partial charge in [-0.25, -0.2) is 4.68 Å². The maximum atomic E-state index is 10.5. The Morgan fingerprint density at radius 2 is 2.00 bits per heavy atom. The van der Waals surface area contributed by atoms with Crippen LogP contribution in [0.5, 0.6) is 0 Å². The molecule has 2 rings (SSSR count). The van der Waals surface area contributed by atoms with E-state index in [9.17, 15) is 4.79 Å². The summed E-state index contributed by atoms with van der Waals surface area (Å²) >= 11 is 0. The van der Waals surface area contributed by atoms with Crippen LogP contribution in [0.25, 0.3) is 5.69 Å². The number of aldehydes is 1. The maximum Gasteiger partial charge on any atom is 0.170 e. The zero-order valence-corrected chi connectivity index (χ0v) is 7.55. The van der Waals surface area contributed by atoms with E-state index in [0.717, 1.165) is 5.69 Å². The first-order chi connectivity index (χ1) is 6.81. The van der Waals surface area contributed by atoms with Gasteiger partial charge in [-0.1, -0.05) is 18.2 Å². The Morgan fingerprint density at radius 3 is 2.57 bits per heavy atom. The minimum Gasteiger partial charge on any atom is -0.296 e. The molecule has 14 heavy (non-hydrogen) atoms. The number of para-hydroxylation sites is 1. The molecule has 3 heteroatoms. The van der Waals surface area contributed by atoms with Gasteiger partial charge in [0, 0.05) is 5.69 Å². The summed E-state index contributed by atoms with van der Waals surface area (Å²) in [5, 5.41) is 4.08. The fourth-order valence-corrected chi connectivity index (χ4v) is 1.29. The Morgan fingerprint density at radius 1 is 1.29 bits per heavy atom. The van der Waals surface area contributed by atoms with E-state index >= 15 is 0 Å². The molecule has 1 aromatic carbocycles. The second kappa shape index (κ2) is 3.46. The first-order valence-electron chi connectivity index (χ1n) is 4.24. The molecular formula is C11H9N2O. The molecular weight excluding hydrogens is 176 g/mol. The van der Waals surface area contributed by atoms with Crippen molar-refractivity contribution in [3.63, 3.8) is 0 Å². The van der Waals surface area contributed by atoms with Crippen LogP contribution in [-0.2, 0) is 0 Å². The van der Waals surface area contributed by atoms with Crippen molar-refractivity contribution >= 4 is 6.29 Å². The molecule has 0 saturated carbocycles. The third-order valence-corrected chi connectivity index (χ3v) is 1.92. The summed E-state index contributed by atoms with van der Waals surface area (Å²) in [7, 11) is 0. The highest BCUT2D eigenvalue weighted by Crippen LogP contribution is 2.10. The second-order valence-electron chi connectivity index (χ2n) is 2.93. The van der Waals surface area contributed by atoms with E-state index in [-0.39, 0.29) is 0 Å². The minimum absolute atomic E-state index is 0.402. The van der Waals surface area contributed by atoms with Crippen LogP contribution in [-0.4, -0.2) is 16.1 Å². The third-order valence-electron chi connectivity index (χ3n) is 1.92. The summed E-state index contributed by atoms with van der Waals surface area (Å²) in [5.74, 6) is 0. The standard InChI is InChI=1S/C11H9N2O/c1-9-7-10(8-14)12-13(9)11-5-3-2-4-6-11/h2-8H,1H2. The Bertz CT molecular complexity index is 446. The second-order valence-corrected chi connectivity index (χ2v) is 2.93. The molecule has 1 radical (unpaired) electrons. The van der Waals surface area contributed by atoms with Crippen molar-refractivity contribution in [3.05, 3.63) is 54.7 Å². The fraction of sp³-hybridized carbons (Fsp3) is 0. The van der Waals surface area contributed by atoms with Gasteiger partial charge in [0.1, 0.15) is 5.69 Å². The molecule has 0 aliphatic rings. The summed E-state index contributed by atoms with van der Waals surface area (Å²) in [5.41, 5.74) is 2.02. The smallest absolute Gasteiger partial charge is 0.170 e. The lowest BCUT2D eigenvalue weighted by Gasteiger charge is -2.02. The van der Waals surface area contributed by atoms with Gasteiger partial charge in [0.25, 0.3) is 0 Å². The largest absolute Gasteiger partial charge is 0.296 e. The number of carbonyl (C=O) groups excluding carboxylic acids is 1. The molecule has 2 aromatic rings. The molecule has 0 aliphatic carbocycles. The van der Waals surface area contributed by atoms with Crippen molar-refractivity contribution in [2.75, 3.05) is 0 Å². The topological polar surface area (TPSA) is 34.9 Å². The molecule has 69 valence electrons. The molecule has 0 N–H and O–H groups in total. The van der Waals surface area contributed by atoms with E-state index in [1.165, 1.54) is 0 Å². The van der Waals surface area contributed by atoms with Gasteiger partial charge < -0.3 is 0 Å². The van der Waals surface area contributed by atoms with Crippen molar-refractivity contribution in [3.8, 4) is 5.69 Å². The summed E-state index contributed by atoms with van der Waals surface area (Å²) in [6.07, 6.45) is 0.716. The van der Waals surface area contributed by atoms with Crippen LogP contribution >= 0.6 is 0 Å². The molecule has 0 atom stereocenters. The van der Waals surface area contributed by atoms with Gasteiger partial charge in [0.05, 0.1) is 5.69 Å². The lowest BCUT2D eigenvalue weighted by Crippen LogP contribution is -1.98. The lowest BCUT2D eigenvalue weighted by atomic mass is 10.3. The Balaban J connectivity index is 2.51. The summed E-state index contributed by atoms with van der Waals surface area (Å²) in [6.45, 7) is 3.81. The number of hydrogen-bond donors (Lipinski definition) is 0. The van der Waals surface area contributed by atoms with E-state index in [4.69, 9.17) is 0 Å². The van der Waals surface area contributed by atoms with Crippen LogP contribution in [0.2, 0.25) is 0 Å². The molecule has 0 saturated heterocycles. The van der Waals surface area contributed by atoms with Crippen LogP contribution in [0.3, 0.4) is 0 Å². The third kappa shape index (κ3) is 1.44. The monoisotopic (exact) mass is 185 g/mol. The van der Waals surface area contributed by atoms with Crippen molar-refractivity contribution in [2.45, 2.75) is 0 Å². The number of benzene rings is 1. The van der Waals surface area contributed by atoms with Crippen molar-refractivity contribution in [1.29, 1.82) is 0 Å². The number of nitrogens with zero attached hydrogens (tertiary/aromatic N) is 2. The first kappa shape index (κ1) is 8.69. The highest BCUT2D eigenvalue weighted by Gasteiger charge is 2.03. The van der Waals surface area contributed by atoms with Gasteiger partial charge in [-0.3, -0.25) is 4.79 Å². The SMILES string of the molecule is [CH2]c1cc(C=O)nn1-c1ccccc1.